The van der Waals surface area contributed by atoms with Gasteiger partial charge in [0.25, 0.3) is 0 Å². The van der Waals surface area contributed by atoms with E-state index in [4.69, 9.17) is 0 Å². The molecule has 0 fully saturated rings. The van der Waals surface area contributed by atoms with Crippen LogP contribution < -0.4 is 9.62 Å². The molecule has 1 aliphatic heterocycles. The fraction of sp³-hybridized carbons (Fsp3) is 0.316. The molecule has 1 amide bonds. The largest absolute Gasteiger partial charge is 0.373 e. The Hall–Kier alpha value is -2.38. The number of benzene rings is 2. The van der Waals surface area contributed by atoms with Crippen LogP contribution in [0.2, 0.25) is 0 Å². The molecule has 0 saturated heterocycles. The van der Waals surface area contributed by atoms with Crippen molar-refractivity contribution in [3.05, 3.63) is 60.2 Å². The topological polar surface area (TPSA) is 69.7 Å². The Bertz CT molecular complexity index is 884. The summed E-state index contributed by atoms with van der Waals surface area (Å²) in [6.45, 7) is 3.29. The molecule has 1 atom stereocenters. The number of fused-ring (bicyclic) bond motifs is 1. The number of amides is 1. The first-order chi connectivity index (χ1) is 12.4. The number of likely N-dealkylation sites (N-methyl/N-ethyl adjacent to an activating group) is 1. The Morgan fingerprint density at radius 1 is 1.04 bits per heavy atom. The van der Waals surface area contributed by atoms with E-state index in [1.54, 1.807) is 30.0 Å². The number of carbonyl (C=O) groups is 1. The number of nitrogens with zero attached hydrogens (tertiary/aromatic N) is 2. The number of hydrogen-bond donors (Lipinski definition) is 1. The maximum Gasteiger partial charge on any atom is 0.241 e. The van der Waals surface area contributed by atoms with Crippen molar-refractivity contribution in [2.24, 2.45) is 0 Å². The third-order valence-corrected chi connectivity index (χ3v) is 6.09. The molecule has 1 heterocycles. The molecule has 0 unspecified atom stereocenters. The Labute approximate surface area is 154 Å². The number of sulfonamides is 1. The van der Waals surface area contributed by atoms with Gasteiger partial charge in [0.15, 0.2) is 0 Å². The van der Waals surface area contributed by atoms with Crippen molar-refractivity contribution in [2.75, 3.05) is 25.0 Å². The van der Waals surface area contributed by atoms with Gasteiger partial charge in [-0.3, -0.25) is 4.79 Å². The van der Waals surface area contributed by atoms with Crippen LogP contribution in [-0.4, -0.2) is 45.4 Å². The van der Waals surface area contributed by atoms with E-state index in [0.29, 0.717) is 19.6 Å². The molecule has 3 rings (SSSR count). The minimum absolute atomic E-state index is 0.153. The first-order valence-corrected chi connectivity index (χ1v) is 10.0. The van der Waals surface area contributed by atoms with Crippen molar-refractivity contribution in [1.29, 1.82) is 0 Å². The zero-order chi connectivity index (χ0) is 18.7. The van der Waals surface area contributed by atoms with Gasteiger partial charge in [-0.2, -0.15) is 4.72 Å². The molecule has 0 saturated carbocycles. The first-order valence-electron chi connectivity index (χ1n) is 8.54. The summed E-state index contributed by atoms with van der Waals surface area (Å²) in [4.78, 5) is 16.8. The first kappa shape index (κ1) is 18.4. The minimum atomic E-state index is -3.73. The molecular formula is C19H23N3O3S. The van der Waals surface area contributed by atoms with Gasteiger partial charge >= 0.3 is 0 Å². The molecule has 0 spiro atoms. The smallest absolute Gasteiger partial charge is 0.241 e. The van der Waals surface area contributed by atoms with E-state index in [1.165, 1.54) is 12.1 Å². The standard InChI is InChI=1S/C19H23N3O3S/c1-15(20-26(24,25)17-9-4-3-5-10-17)19(23)22-13-12-21(2)18-11-7-6-8-16(18)14-22/h3-11,15,20H,12-14H2,1-2H3/t15-/m0/s1. The summed E-state index contributed by atoms with van der Waals surface area (Å²) in [5.41, 5.74) is 2.15. The maximum atomic E-state index is 12.9. The van der Waals surface area contributed by atoms with Crippen LogP contribution >= 0.6 is 0 Å². The normalized spacial score (nSPS) is 15.9. The summed E-state index contributed by atoms with van der Waals surface area (Å²) >= 11 is 0. The van der Waals surface area contributed by atoms with Crippen molar-refractivity contribution in [3.63, 3.8) is 0 Å². The van der Waals surface area contributed by atoms with E-state index in [1.807, 2.05) is 31.3 Å². The van der Waals surface area contributed by atoms with Gasteiger partial charge in [0, 0.05) is 32.4 Å². The molecule has 2 aromatic carbocycles. The quantitative estimate of drug-likeness (QED) is 0.888. The fourth-order valence-electron chi connectivity index (χ4n) is 3.11. The third-order valence-electron chi connectivity index (χ3n) is 4.54. The maximum absolute atomic E-state index is 12.9. The Morgan fingerprint density at radius 3 is 2.42 bits per heavy atom. The summed E-state index contributed by atoms with van der Waals surface area (Å²) in [7, 11) is -1.74. The van der Waals surface area contributed by atoms with Crippen molar-refractivity contribution in [1.82, 2.24) is 9.62 Å². The van der Waals surface area contributed by atoms with E-state index in [0.717, 1.165) is 11.3 Å². The molecule has 2 aromatic rings. The lowest BCUT2D eigenvalue weighted by Gasteiger charge is -2.25. The van der Waals surface area contributed by atoms with Crippen LogP contribution in [0.4, 0.5) is 5.69 Å². The van der Waals surface area contributed by atoms with Crippen LogP contribution in [0.25, 0.3) is 0 Å². The van der Waals surface area contributed by atoms with Crippen LogP contribution in [0.5, 0.6) is 0 Å². The lowest BCUT2D eigenvalue weighted by Crippen LogP contribution is -2.47. The second-order valence-electron chi connectivity index (χ2n) is 6.47. The van der Waals surface area contributed by atoms with Gasteiger partial charge < -0.3 is 9.80 Å². The molecule has 138 valence electrons. The average Bonchev–Trinajstić information content (AvgIpc) is 2.81. The van der Waals surface area contributed by atoms with Gasteiger partial charge in [-0.1, -0.05) is 36.4 Å². The molecule has 6 nitrogen and oxygen atoms in total. The van der Waals surface area contributed by atoms with Crippen LogP contribution in [0.3, 0.4) is 0 Å². The monoisotopic (exact) mass is 373 g/mol. The van der Waals surface area contributed by atoms with E-state index < -0.39 is 16.1 Å². The second-order valence-corrected chi connectivity index (χ2v) is 8.18. The Morgan fingerprint density at radius 2 is 1.69 bits per heavy atom. The molecule has 0 radical (unpaired) electrons. The van der Waals surface area contributed by atoms with Crippen LogP contribution in [-0.2, 0) is 21.4 Å². The Kier molecular flexibility index (Phi) is 5.29. The van der Waals surface area contributed by atoms with Gasteiger partial charge in [-0.05, 0) is 30.7 Å². The molecular weight excluding hydrogens is 350 g/mol. The van der Waals surface area contributed by atoms with Gasteiger partial charge in [0.1, 0.15) is 0 Å². The van der Waals surface area contributed by atoms with E-state index in [2.05, 4.69) is 9.62 Å². The number of rotatable bonds is 4. The highest BCUT2D eigenvalue weighted by atomic mass is 32.2. The second kappa shape index (κ2) is 7.47. The minimum Gasteiger partial charge on any atom is -0.373 e. The van der Waals surface area contributed by atoms with Gasteiger partial charge in [-0.15, -0.1) is 0 Å². The SMILES string of the molecule is C[C@H](NS(=O)(=O)c1ccccc1)C(=O)N1CCN(C)c2ccccc2C1. The molecule has 26 heavy (non-hydrogen) atoms. The summed E-state index contributed by atoms with van der Waals surface area (Å²) in [5, 5.41) is 0. The van der Waals surface area contributed by atoms with Crippen molar-refractivity contribution in [2.45, 2.75) is 24.4 Å². The molecule has 0 aromatic heterocycles. The van der Waals surface area contributed by atoms with Crippen molar-refractivity contribution < 1.29 is 13.2 Å². The predicted molar refractivity (Wildman–Crippen MR) is 101 cm³/mol. The molecule has 1 N–H and O–H groups in total. The zero-order valence-corrected chi connectivity index (χ0v) is 15.7. The number of anilines is 1. The summed E-state index contributed by atoms with van der Waals surface area (Å²) in [6.07, 6.45) is 0. The van der Waals surface area contributed by atoms with Crippen LogP contribution in [0.1, 0.15) is 12.5 Å². The highest BCUT2D eigenvalue weighted by Crippen LogP contribution is 2.24. The Balaban J connectivity index is 1.75. The van der Waals surface area contributed by atoms with Crippen LogP contribution in [0, 0.1) is 0 Å². The van der Waals surface area contributed by atoms with Crippen molar-refractivity contribution in [3.8, 4) is 0 Å². The highest BCUT2D eigenvalue weighted by Gasteiger charge is 2.28. The van der Waals surface area contributed by atoms with Crippen molar-refractivity contribution >= 4 is 21.6 Å². The lowest BCUT2D eigenvalue weighted by molar-refractivity contribution is -0.133. The summed E-state index contributed by atoms with van der Waals surface area (Å²) in [6, 6.07) is 15.2. The van der Waals surface area contributed by atoms with Gasteiger partial charge in [-0.25, -0.2) is 8.42 Å². The van der Waals surface area contributed by atoms with Crippen LogP contribution in [0.15, 0.2) is 59.5 Å². The lowest BCUT2D eigenvalue weighted by atomic mass is 10.1. The third kappa shape index (κ3) is 3.89. The number of nitrogens with one attached hydrogen (secondary N) is 1. The van der Waals surface area contributed by atoms with E-state index in [-0.39, 0.29) is 10.8 Å². The molecule has 7 heteroatoms. The molecule has 0 bridgehead atoms. The zero-order valence-electron chi connectivity index (χ0n) is 14.9. The highest BCUT2D eigenvalue weighted by molar-refractivity contribution is 7.89. The number of hydrogen-bond acceptors (Lipinski definition) is 4. The summed E-state index contributed by atoms with van der Waals surface area (Å²) in [5.74, 6) is -0.227. The number of carbonyl (C=O) groups excluding carboxylic acids is 1. The van der Waals surface area contributed by atoms with E-state index >= 15 is 0 Å². The van der Waals surface area contributed by atoms with Gasteiger partial charge in [0.05, 0.1) is 10.9 Å². The fourth-order valence-corrected chi connectivity index (χ4v) is 4.32. The summed E-state index contributed by atoms with van der Waals surface area (Å²) < 4.78 is 27.4. The van der Waals surface area contributed by atoms with E-state index in [9.17, 15) is 13.2 Å². The number of para-hydroxylation sites is 1. The average molecular weight is 373 g/mol. The molecule has 0 aliphatic carbocycles. The molecule has 1 aliphatic rings. The van der Waals surface area contributed by atoms with Gasteiger partial charge in [0.2, 0.25) is 15.9 Å². The predicted octanol–water partition coefficient (Wildman–Crippen LogP) is 1.83.